The third kappa shape index (κ3) is 2.86. The summed E-state index contributed by atoms with van der Waals surface area (Å²) in [7, 11) is 0. The van der Waals surface area contributed by atoms with Crippen LogP contribution in [0.5, 0.6) is 0 Å². The van der Waals surface area contributed by atoms with E-state index in [9.17, 15) is 4.79 Å². The first-order chi connectivity index (χ1) is 6.83. The highest BCUT2D eigenvalue weighted by atomic mass is 79.9. The van der Waals surface area contributed by atoms with Gasteiger partial charge >= 0.3 is 0 Å². The van der Waals surface area contributed by atoms with Crippen LogP contribution in [0, 0.1) is 0 Å². The lowest BCUT2D eigenvalue weighted by Crippen LogP contribution is -2.45. The van der Waals surface area contributed by atoms with Crippen LogP contribution >= 0.6 is 15.9 Å². The topological polar surface area (TPSA) is 81.1 Å². The number of rotatable bonds is 3. The minimum Gasteiger partial charge on any atom is -0.399 e. The lowest BCUT2D eigenvalue weighted by molar-refractivity contribution is -0.121. The Morgan fingerprint density at radius 3 is 2.53 bits per heavy atom. The van der Waals surface area contributed by atoms with Gasteiger partial charge in [-0.25, -0.2) is 0 Å². The third-order valence-corrected chi connectivity index (χ3v) is 2.71. The van der Waals surface area contributed by atoms with Crippen LogP contribution in [-0.2, 0) is 4.79 Å². The van der Waals surface area contributed by atoms with Crippen LogP contribution in [0.15, 0.2) is 22.7 Å². The molecule has 5 heteroatoms. The van der Waals surface area contributed by atoms with Gasteiger partial charge in [-0.05, 0) is 48.0 Å². The standard InChI is InChI=1S/C10H14BrN3O/c1-10(2,9(13)15)14-8-4-3-6(12)5-7(8)11/h3-5,14H,12H2,1-2H3,(H2,13,15). The second-order valence-electron chi connectivity index (χ2n) is 3.85. The SMILES string of the molecule is CC(C)(Nc1ccc(N)cc1Br)C(N)=O. The fourth-order valence-corrected chi connectivity index (χ4v) is 1.53. The molecule has 0 atom stereocenters. The number of nitrogens with one attached hydrogen (secondary N) is 1. The molecule has 82 valence electrons. The molecule has 1 aromatic carbocycles. The summed E-state index contributed by atoms with van der Waals surface area (Å²) in [4.78, 5) is 11.1. The lowest BCUT2D eigenvalue weighted by Gasteiger charge is -2.24. The number of nitrogen functional groups attached to an aromatic ring is 1. The number of benzene rings is 1. The van der Waals surface area contributed by atoms with E-state index in [-0.39, 0.29) is 0 Å². The van der Waals surface area contributed by atoms with Crippen LogP contribution in [0.25, 0.3) is 0 Å². The zero-order valence-electron chi connectivity index (χ0n) is 8.67. The number of halogens is 1. The van der Waals surface area contributed by atoms with Gasteiger partial charge in [-0.3, -0.25) is 4.79 Å². The second-order valence-corrected chi connectivity index (χ2v) is 4.71. The van der Waals surface area contributed by atoms with E-state index >= 15 is 0 Å². The molecule has 5 N–H and O–H groups in total. The van der Waals surface area contributed by atoms with Gasteiger partial charge in [-0.1, -0.05) is 0 Å². The number of hydrogen-bond acceptors (Lipinski definition) is 3. The highest BCUT2D eigenvalue weighted by Gasteiger charge is 2.24. The van der Waals surface area contributed by atoms with E-state index in [1.165, 1.54) is 0 Å². The van der Waals surface area contributed by atoms with Crippen LogP contribution in [-0.4, -0.2) is 11.4 Å². The summed E-state index contributed by atoms with van der Waals surface area (Å²) in [6, 6.07) is 5.31. The zero-order valence-corrected chi connectivity index (χ0v) is 10.3. The summed E-state index contributed by atoms with van der Waals surface area (Å²) >= 11 is 3.35. The Kier molecular flexibility index (Phi) is 3.24. The number of primary amides is 1. The Bertz CT molecular complexity index is 390. The Morgan fingerprint density at radius 2 is 2.07 bits per heavy atom. The van der Waals surface area contributed by atoms with E-state index in [1.54, 1.807) is 32.0 Å². The van der Waals surface area contributed by atoms with E-state index < -0.39 is 11.4 Å². The van der Waals surface area contributed by atoms with Crippen molar-refractivity contribution >= 4 is 33.2 Å². The smallest absolute Gasteiger partial charge is 0.242 e. The third-order valence-electron chi connectivity index (χ3n) is 2.06. The van der Waals surface area contributed by atoms with Gasteiger partial charge in [-0.2, -0.15) is 0 Å². The molecule has 0 aliphatic rings. The lowest BCUT2D eigenvalue weighted by atomic mass is 10.0. The maximum Gasteiger partial charge on any atom is 0.242 e. The predicted octanol–water partition coefficient (Wildman–Crippen LogP) is 1.71. The first kappa shape index (κ1) is 11.8. The van der Waals surface area contributed by atoms with Crippen LogP contribution < -0.4 is 16.8 Å². The van der Waals surface area contributed by atoms with Crippen molar-refractivity contribution in [1.82, 2.24) is 0 Å². The fraction of sp³-hybridized carbons (Fsp3) is 0.300. The summed E-state index contributed by atoms with van der Waals surface area (Å²) in [6.45, 7) is 3.44. The number of amides is 1. The molecule has 0 saturated heterocycles. The highest BCUT2D eigenvalue weighted by Crippen LogP contribution is 2.27. The molecular formula is C10H14BrN3O. The Hall–Kier alpha value is -1.23. The molecule has 0 unspecified atom stereocenters. The van der Waals surface area contributed by atoms with Crippen molar-refractivity contribution in [3.63, 3.8) is 0 Å². The Labute approximate surface area is 97.1 Å². The average Bonchev–Trinajstić information content (AvgIpc) is 2.09. The molecule has 0 bridgehead atoms. The van der Waals surface area contributed by atoms with Gasteiger partial charge < -0.3 is 16.8 Å². The molecule has 4 nitrogen and oxygen atoms in total. The Balaban J connectivity index is 2.95. The van der Waals surface area contributed by atoms with Crippen LogP contribution in [0.1, 0.15) is 13.8 Å². The summed E-state index contributed by atoms with van der Waals surface area (Å²) in [5, 5.41) is 3.04. The summed E-state index contributed by atoms with van der Waals surface area (Å²) in [6.07, 6.45) is 0. The molecule has 0 aliphatic carbocycles. The van der Waals surface area contributed by atoms with Gasteiger partial charge in [0.25, 0.3) is 0 Å². The van der Waals surface area contributed by atoms with E-state index in [2.05, 4.69) is 21.2 Å². The number of hydrogen-bond donors (Lipinski definition) is 3. The number of carbonyl (C=O) groups excluding carboxylic acids is 1. The van der Waals surface area contributed by atoms with E-state index in [0.717, 1.165) is 10.2 Å². The molecule has 0 saturated carbocycles. The predicted molar refractivity (Wildman–Crippen MR) is 65.5 cm³/mol. The van der Waals surface area contributed by atoms with Crippen molar-refractivity contribution in [3.05, 3.63) is 22.7 Å². The summed E-state index contributed by atoms with van der Waals surface area (Å²) in [5.41, 5.74) is 11.5. The van der Waals surface area contributed by atoms with Crippen molar-refractivity contribution in [1.29, 1.82) is 0 Å². The van der Waals surface area contributed by atoms with Crippen LogP contribution in [0.2, 0.25) is 0 Å². The minimum atomic E-state index is -0.793. The molecule has 1 aromatic rings. The van der Waals surface area contributed by atoms with Crippen LogP contribution in [0.3, 0.4) is 0 Å². The Morgan fingerprint density at radius 1 is 1.47 bits per heavy atom. The monoisotopic (exact) mass is 271 g/mol. The molecule has 0 heterocycles. The largest absolute Gasteiger partial charge is 0.399 e. The summed E-state index contributed by atoms with van der Waals surface area (Å²) < 4.78 is 0.803. The fourth-order valence-electron chi connectivity index (χ4n) is 1.03. The second kappa shape index (κ2) is 4.10. The number of anilines is 2. The van der Waals surface area contributed by atoms with E-state index in [1.807, 2.05) is 0 Å². The zero-order chi connectivity index (χ0) is 11.6. The van der Waals surface area contributed by atoms with Crippen molar-refractivity contribution in [2.75, 3.05) is 11.1 Å². The van der Waals surface area contributed by atoms with Crippen molar-refractivity contribution in [3.8, 4) is 0 Å². The highest BCUT2D eigenvalue weighted by molar-refractivity contribution is 9.10. The van der Waals surface area contributed by atoms with Gasteiger partial charge in [0.15, 0.2) is 0 Å². The van der Waals surface area contributed by atoms with Crippen molar-refractivity contribution in [2.24, 2.45) is 5.73 Å². The van der Waals surface area contributed by atoms with Crippen molar-refractivity contribution < 1.29 is 4.79 Å². The molecule has 0 spiro atoms. The summed E-state index contributed by atoms with van der Waals surface area (Å²) in [5.74, 6) is -0.411. The number of nitrogens with two attached hydrogens (primary N) is 2. The van der Waals surface area contributed by atoms with E-state index in [0.29, 0.717) is 5.69 Å². The van der Waals surface area contributed by atoms with Gasteiger partial charge in [-0.15, -0.1) is 0 Å². The normalized spacial score (nSPS) is 11.1. The number of carbonyl (C=O) groups is 1. The molecule has 0 aliphatic heterocycles. The van der Waals surface area contributed by atoms with E-state index in [4.69, 9.17) is 11.5 Å². The maximum atomic E-state index is 11.1. The van der Waals surface area contributed by atoms with Gasteiger partial charge in [0.05, 0.1) is 0 Å². The first-order valence-electron chi connectivity index (χ1n) is 4.46. The first-order valence-corrected chi connectivity index (χ1v) is 5.25. The molecule has 1 rings (SSSR count). The molecule has 1 amide bonds. The molecule has 15 heavy (non-hydrogen) atoms. The molecular weight excluding hydrogens is 258 g/mol. The van der Waals surface area contributed by atoms with Crippen molar-refractivity contribution in [2.45, 2.75) is 19.4 Å². The molecule has 0 radical (unpaired) electrons. The maximum absolute atomic E-state index is 11.1. The average molecular weight is 272 g/mol. The quantitative estimate of drug-likeness (QED) is 0.732. The van der Waals surface area contributed by atoms with Gasteiger partial charge in [0.1, 0.15) is 5.54 Å². The van der Waals surface area contributed by atoms with Gasteiger partial charge in [0.2, 0.25) is 5.91 Å². The minimum absolute atomic E-state index is 0.411. The van der Waals surface area contributed by atoms with Crippen LogP contribution in [0.4, 0.5) is 11.4 Å². The molecule has 0 fully saturated rings. The molecule has 0 aromatic heterocycles. The van der Waals surface area contributed by atoms with Gasteiger partial charge in [0, 0.05) is 15.8 Å².